The molecule has 0 radical (unpaired) electrons. The van der Waals surface area contributed by atoms with E-state index in [0.29, 0.717) is 5.39 Å². The molecule has 1 aromatic heterocycles. The smallest absolute Gasteiger partial charge is 0.459 e. The number of carbonyl (C=O) groups excluding carboxylic acids is 1. The van der Waals surface area contributed by atoms with E-state index >= 15 is 0 Å². The zero-order chi connectivity index (χ0) is 29.1. The molecule has 0 spiro atoms. The van der Waals surface area contributed by atoms with Gasteiger partial charge in [-0.1, -0.05) is 42.5 Å². The second-order valence-corrected chi connectivity index (χ2v) is 11.5. The summed E-state index contributed by atoms with van der Waals surface area (Å²) in [6.45, 7) is 8.26. The molecule has 12 nitrogen and oxygen atoms in total. The Labute approximate surface area is 231 Å². The van der Waals surface area contributed by atoms with Gasteiger partial charge in [0.25, 0.3) is 0 Å². The fourth-order valence-electron chi connectivity index (χ4n) is 4.28. The van der Waals surface area contributed by atoms with Gasteiger partial charge in [0.1, 0.15) is 29.3 Å². The summed E-state index contributed by atoms with van der Waals surface area (Å²) in [4.78, 5) is 28.6. The molecule has 0 saturated carbocycles. The molecule has 13 heteroatoms. The molecule has 2 aromatic carbocycles. The van der Waals surface area contributed by atoms with Crippen molar-refractivity contribution in [1.82, 2.24) is 14.6 Å². The van der Waals surface area contributed by atoms with Crippen LogP contribution in [0, 0.1) is 0 Å². The van der Waals surface area contributed by atoms with E-state index in [2.05, 4.69) is 16.7 Å². The first kappa shape index (κ1) is 29.4. The number of fused-ring (bicyclic) bond motifs is 1. The summed E-state index contributed by atoms with van der Waals surface area (Å²) in [7, 11) is -4.29. The summed E-state index contributed by atoms with van der Waals surface area (Å²) >= 11 is 0. The normalized spacial score (nSPS) is 23.0. The monoisotopic (exact) mass is 572 g/mol. The van der Waals surface area contributed by atoms with Crippen LogP contribution in [0.5, 0.6) is 5.75 Å². The van der Waals surface area contributed by atoms with Crippen LogP contribution in [0.4, 0.5) is 5.82 Å². The number of ether oxygens (including phenoxy) is 2. The number of nitrogen functional groups attached to an aromatic ring is 1. The molecule has 0 amide bonds. The highest BCUT2D eigenvalue weighted by Gasteiger charge is 2.47. The fourth-order valence-corrected chi connectivity index (χ4v) is 5.85. The maximum atomic E-state index is 14.2. The van der Waals surface area contributed by atoms with Gasteiger partial charge in [0.05, 0.1) is 12.7 Å². The van der Waals surface area contributed by atoms with Crippen LogP contribution in [0.15, 0.2) is 72.2 Å². The van der Waals surface area contributed by atoms with Crippen molar-refractivity contribution < 1.29 is 33.0 Å². The minimum atomic E-state index is -4.29. The molecule has 4 N–H and O–H groups in total. The number of anilines is 1. The molecule has 0 bridgehead atoms. The molecule has 1 aliphatic heterocycles. The molecule has 1 saturated heterocycles. The van der Waals surface area contributed by atoms with Gasteiger partial charge in [-0.05, 0) is 38.3 Å². The minimum absolute atomic E-state index is 0.0229. The number of carbonyl (C=O) groups is 1. The number of benzene rings is 2. The first-order chi connectivity index (χ1) is 18.9. The molecule has 1 fully saturated rings. The third kappa shape index (κ3) is 6.60. The van der Waals surface area contributed by atoms with Crippen LogP contribution in [0.2, 0.25) is 0 Å². The van der Waals surface area contributed by atoms with E-state index < -0.39 is 56.1 Å². The number of rotatable bonds is 11. The fraction of sp³-hybridized carbons (Fsp3) is 0.370. The standard InChI is InChI=1S/C27H33N4O8P/c1-5-27(15-21(32)24(38-27)31-14-13-23(28)29-26(31)34)16-36-40(35,30-18(4)25(33)37-17(2)3)39-22-12-8-10-19-9-6-7-11-20(19)22/h5-14,17-18,21,24,32H,1,15-16H2,2-4H3,(H,30,35)(H2,28,29,34)/t18-,21+,24+,27-,40?/m0/s1. The van der Waals surface area contributed by atoms with E-state index in [4.69, 9.17) is 24.3 Å². The second-order valence-electron chi connectivity index (χ2n) is 9.77. The number of aliphatic hydroxyl groups is 1. The lowest BCUT2D eigenvalue weighted by atomic mass is 10.0. The quantitative estimate of drug-likeness (QED) is 0.175. The van der Waals surface area contributed by atoms with Crippen molar-refractivity contribution in [1.29, 1.82) is 0 Å². The molecule has 3 aromatic rings. The SMILES string of the molecule is C=C[C@@]1(COP(=O)(N[C@@H](C)C(=O)OC(C)C)Oc2cccc3ccccc23)C[C@@H](O)[C@H](n2ccc(N)nc2=O)O1. The molecule has 0 aliphatic carbocycles. The number of nitrogens with one attached hydrogen (secondary N) is 1. The Morgan fingerprint density at radius 1 is 1.30 bits per heavy atom. The Kier molecular flexibility index (Phi) is 8.77. The molecular formula is C27H33N4O8P. The van der Waals surface area contributed by atoms with Gasteiger partial charge in [0.15, 0.2) is 6.23 Å². The van der Waals surface area contributed by atoms with Crippen LogP contribution >= 0.6 is 7.75 Å². The molecule has 5 atom stereocenters. The largest absolute Gasteiger partial charge is 0.462 e. The summed E-state index contributed by atoms with van der Waals surface area (Å²) in [5.41, 5.74) is 3.49. The molecule has 40 heavy (non-hydrogen) atoms. The predicted molar refractivity (Wildman–Crippen MR) is 149 cm³/mol. The third-order valence-corrected chi connectivity index (χ3v) is 7.85. The van der Waals surface area contributed by atoms with E-state index in [1.54, 1.807) is 32.0 Å². The van der Waals surface area contributed by atoms with E-state index in [0.717, 1.165) is 9.95 Å². The van der Waals surface area contributed by atoms with Crippen LogP contribution in [0.3, 0.4) is 0 Å². The number of hydrogen-bond donors (Lipinski definition) is 3. The summed E-state index contributed by atoms with van der Waals surface area (Å²) in [5.74, 6) is -0.368. The van der Waals surface area contributed by atoms with Crippen molar-refractivity contribution in [3.8, 4) is 5.75 Å². The van der Waals surface area contributed by atoms with Gasteiger partial charge < -0.3 is 24.8 Å². The minimum Gasteiger partial charge on any atom is -0.462 e. The Bertz CT molecular complexity index is 1490. The Morgan fingerprint density at radius 3 is 2.73 bits per heavy atom. The highest BCUT2D eigenvalue weighted by Crippen LogP contribution is 2.49. The molecular weight excluding hydrogens is 539 g/mol. The van der Waals surface area contributed by atoms with Crippen molar-refractivity contribution in [2.24, 2.45) is 0 Å². The topological polar surface area (TPSA) is 164 Å². The zero-order valence-corrected chi connectivity index (χ0v) is 23.3. The van der Waals surface area contributed by atoms with E-state index in [-0.39, 0.29) is 18.0 Å². The maximum Gasteiger partial charge on any atom is 0.459 e. The summed E-state index contributed by atoms with van der Waals surface area (Å²) in [6, 6.07) is 12.9. The van der Waals surface area contributed by atoms with Crippen molar-refractivity contribution >= 4 is 30.3 Å². The van der Waals surface area contributed by atoms with Crippen LogP contribution in [-0.4, -0.2) is 51.1 Å². The first-order valence-corrected chi connectivity index (χ1v) is 14.2. The number of esters is 1. The highest BCUT2D eigenvalue weighted by molar-refractivity contribution is 7.52. The number of aliphatic hydroxyl groups excluding tert-OH is 1. The Hall–Kier alpha value is -3.54. The van der Waals surface area contributed by atoms with Crippen LogP contribution in [-0.2, 0) is 23.4 Å². The molecule has 2 heterocycles. The van der Waals surface area contributed by atoms with Gasteiger partial charge in [-0.2, -0.15) is 10.1 Å². The van der Waals surface area contributed by atoms with Crippen molar-refractivity contribution in [2.75, 3.05) is 12.3 Å². The van der Waals surface area contributed by atoms with Gasteiger partial charge in [-0.3, -0.25) is 13.9 Å². The van der Waals surface area contributed by atoms with Gasteiger partial charge in [-0.25, -0.2) is 9.36 Å². The van der Waals surface area contributed by atoms with Gasteiger partial charge in [-0.15, -0.1) is 6.58 Å². The number of nitrogens with two attached hydrogens (primary N) is 1. The lowest BCUT2D eigenvalue weighted by molar-refractivity contribution is -0.149. The zero-order valence-electron chi connectivity index (χ0n) is 22.4. The van der Waals surface area contributed by atoms with Gasteiger partial charge in [0, 0.05) is 18.0 Å². The summed E-state index contributed by atoms with van der Waals surface area (Å²) < 4.78 is 38.3. The van der Waals surface area contributed by atoms with Crippen molar-refractivity contribution in [3.05, 3.63) is 77.9 Å². The van der Waals surface area contributed by atoms with Crippen LogP contribution in [0.25, 0.3) is 10.8 Å². The summed E-state index contributed by atoms with van der Waals surface area (Å²) in [5, 5.41) is 14.9. The Balaban J connectivity index is 1.61. The van der Waals surface area contributed by atoms with Crippen molar-refractivity contribution in [3.63, 3.8) is 0 Å². The highest BCUT2D eigenvalue weighted by atomic mass is 31.2. The Morgan fingerprint density at radius 2 is 2.02 bits per heavy atom. The average molecular weight is 573 g/mol. The van der Waals surface area contributed by atoms with E-state index in [1.165, 1.54) is 25.3 Å². The number of aromatic nitrogens is 2. The number of nitrogens with zero attached hydrogens (tertiary/aromatic N) is 2. The van der Waals surface area contributed by atoms with Crippen LogP contribution < -0.4 is 21.0 Å². The van der Waals surface area contributed by atoms with Gasteiger partial charge in [0.2, 0.25) is 0 Å². The first-order valence-electron chi connectivity index (χ1n) is 12.7. The van der Waals surface area contributed by atoms with Crippen LogP contribution in [0.1, 0.15) is 33.4 Å². The lowest BCUT2D eigenvalue weighted by Gasteiger charge is -2.29. The second kappa shape index (κ2) is 11.9. The van der Waals surface area contributed by atoms with E-state index in [1.807, 2.05) is 24.3 Å². The predicted octanol–water partition coefficient (Wildman–Crippen LogP) is 3.32. The molecule has 1 unspecified atom stereocenters. The molecule has 214 valence electrons. The summed E-state index contributed by atoms with van der Waals surface area (Å²) in [6.07, 6.45) is 0.0274. The molecule has 1 aliphatic rings. The van der Waals surface area contributed by atoms with Crippen molar-refractivity contribution in [2.45, 2.75) is 57.3 Å². The lowest BCUT2D eigenvalue weighted by Crippen LogP contribution is -2.38. The average Bonchev–Trinajstić information content (AvgIpc) is 3.24. The number of hydrogen-bond acceptors (Lipinski definition) is 10. The maximum absolute atomic E-state index is 14.2. The van der Waals surface area contributed by atoms with Gasteiger partial charge >= 0.3 is 19.4 Å². The third-order valence-electron chi connectivity index (χ3n) is 6.24. The molecule has 4 rings (SSSR count). The van der Waals surface area contributed by atoms with E-state index in [9.17, 15) is 19.3 Å².